The molecule has 0 bridgehead atoms. The van der Waals surface area contributed by atoms with Crippen LogP contribution < -0.4 is 0 Å². The SMILES string of the molecule is Cc1nc(C)n(-c2cc(C#N)cc(Cl)n2)n1. The van der Waals surface area contributed by atoms with Gasteiger partial charge in [0.05, 0.1) is 11.6 Å². The van der Waals surface area contributed by atoms with Crippen LogP contribution in [-0.2, 0) is 0 Å². The van der Waals surface area contributed by atoms with Crippen molar-refractivity contribution in [3.8, 4) is 11.9 Å². The molecule has 0 aliphatic heterocycles. The van der Waals surface area contributed by atoms with Crippen molar-refractivity contribution < 1.29 is 0 Å². The van der Waals surface area contributed by atoms with Gasteiger partial charge in [-0.25, -0.2) is 9.97 Å². The third-order valence-electron chi connectivity index (χ3n) is 2.00. The Hall–Kier alpha value is -1.93. The third kappa shape index (κ3) is 1.88. The quantitative estimate of drug-likeness (QED) is 0.705. The first kappa shape index (κ1) is 10.6. The van der Waals surface area contributed by atoms with E-state index in [1.54, 1.807) is 17.7 Å². The highest BCUT2D eigenvalue weighted by Gasteiger charge is 2.08. The van der Waals surface area contributed by atoms with Crippen LogP contribution in [0, 0.1) is 25.2 Å². The fourth-order valence-electron chi connectivity index (χ4n) is 1.39. The molecule has 16 heavy (non-hydrogen) atoms. The molecule has 0 amide bonds. The number of aromatic nitrogens is 4. The third-order valence-corrected chi connectivity index (χ3v) is 2.20. The normalized spacial score (nSPS) is 10.1. The summed E-state index contributed by atoms with van der Waals surface area (Å²) in [7, 11) is 0. The topological polar surface area (TPSA) is 67.4 Å². The molecule has 0 atom stereocenters. The molecular formula is C10H8ClN5. The second-order valence-corrected chi connectivity index (χ2v) is 3.65. The van der Waals surface area contributed by atoms with Crippen LogP contribution in [-0.4, -0.2) is 19.7 Å². The number of halogens is 1. The molecule has 2 heterocycles. The molecule has 0 spiro atoms. The second kappa shape index (κ2) is 3.91. The van der Waals surface area contributed by atoms with E-state index in [2.05, 4.69) is 15.1 Å². The lowest BCUT2D eigenvalue weighted by atomic mass is 10.3. The van der Waals surface area contributed by atoms with Crippen LogP contribution >= 0.6 is 11.6 Å². The molecule has 0 aliphatic rings. The van der Waals surface area contributed by atoms with Crippen LogP contribution in [0.5, 0.6) is 0 Å². The van der Waals surface area contributed by atoms with Crippen molar-refractivity contribution >= 4 is 11.6 Å². The minimum Gasteiger partial charge on any atom is -0.217 e. The summed E-state index contributed by atoms with van der Waals surface area (Å²) in [5.41, 5.74) is 0.447. The van der Waals surface area contributed by atoms with Gasteiger partial charge >= 0.3 is 0 Å². The maximum absolute atomic E-state index is 8.83. The standard InChI is InChI=1S/C10H8ClN5/c1-6-13-7(2)16(15-6)10-4-8(5-12)3-9(11)14-10/h3-4H,1-2H3. The van der Waals surface area contributed by atoms with E-state index in [1.807, 2.05) is 13.0 Å². The van der Waals surface area contributed by atoms with E-state index in [-0.39, 0.29) is 5.15 Å². The predicted octanol–water partition coefficient (Wildman–Crippen LogP) is 1.80. The van der Waals surface area contributed by atoms with Gasteiger partial charge < -0.3 is 0 Å². The molecule has 5 nitrogen and oxygen atoms in total. The van der Waals surface area contributed by atoms with Gasteiger partial charge in [-0.15, -0.1) is 5.10 Å². The van der Waals surface area contributed by atoms with Gasteiger partial charge in [-0.3, -0.25) is 0 Å². The monoisotopic (exact) mass is 233 g/mol. The molecule has 6 heteroatoms. The van der Waals surface area contributed by atoms with Gasteiger partial charge in [0.25, 0.3) is 0 Å². The highest BCUT2D eigenvalue weighted by atomic mass is 35.5. The van der Waals surface area contributed by atoms with Gasteiger partial charge in [-0.2, -0.15) is 9.94 Å². The number of rotatable bonds is 1. The van der Waals surface area contributed by atoms with E-state index < -0.39 is 0 Å². The van der Waals surface area contributed by atoms with Crippen molar-refractivity contribution in [2.45, 2.75) is 13.8 Å². The van der Waals surface area contributed by atoms with Crippen LogP contribution in [0.1, 0.15) is 17.2 Å². The summed E-state index contributed by atoms with van der Waals surface area (Å²) >= 11 is 5.81. The van der Waals surface area contributed by atoms with Crippen molar-refractivity contribution in [3.05, 3.63) is 34.5 Å². The Morgan fingerprint density at radius 2 is 2.06 bits per heavy atom. The van der Waals surface area contributed by atoms with Gasteiger partial charge in [-0.1, -0.05) is 11.6 Å². The Balaban J connectivity index is 2.60. The fraction of sp³-hybridized carbons (Fsp3) is 0.200. The minimum atomic E-state index is 0.265. The maximum atomic E-state index is 8.83. The molecule has 0 saturated heterocycles. The van der Waals surface area contributed by atoms with E-state index >= 15 is 0 Å². The average Bonchev–Trinajstić information content (AvgIpc) is 2.57. The zero-order valence-corrected chi connectivity index (χ0v) is 9.52. The van der Waals surface area contributed by atoms with Crippen molar-refractivity contribution in [2.75, 3.05) is 0 Å². The summed E-state index contributed by atoms with van der Waals surface area (Å²) in [5.74, 6) is 1.86. The fourth-order valence-corrected chi connectivity index (χ4v) is 1.60. The Morgan fingerprint density at radius 3 is 2.62 bits per heavy atom. The Kier molecular flexibility index (Phi) is 2.59. The molecule has 2 rings (SSSR count). The van der Waals surface area contributed by atoms with E-state index in [1.165, 1.54) is 6.07 Å². The number of hydrogen-bond donors (Lipinski definition) is 0. The highest BCUT2D eigenvalue weighted by molar-refractivity contribution is 6.29. The van der Waals surface area contributed by atoms with Crippen molar-refractivity contribution in [1.29, 1.82) is 5.26 Å². The summed E-state index contributed by atoms with van der Waals surface area (Å²) in [6.45, 7) is 3.61. The van der Waals surface area contributed by atoms with Crippen molar-refractivity contribution in [1.82, 2.24) is 19.7 Å². The largest absolute Gasteiger partial charge is 0.217 e. The number of pyridine rings is 1. The lowest BCUT2D eigenvalue weighted by molar-refractivity contribution is 0.803. The molecule has 0 N–H and O–H groups in total. The summed E-state index contributed by atoms with van der Waals surface area (Å²) < 4.78 is 1.56. The molecule has 80 valence electrons. The predicted molar refractivity (Wildman–Crippen MR) is 58.4 cm³/mol. The van der Waals surface area contributed by atoms with Crippen LogP contribution in [0.2, 0.25) is 5.15 Å². The molecular weight excluding hydrogens is 226 g/mol. The molecule has 0 saturated carbocycles. The van der Waals surface area contributed by atoms with Gasteiger partial charge in [-0.05, 0) is 19.9 Å². The molecule has 0 aromatic carbocycles. The number of nitrogens with zero attached hydrogens (tertiary/aromatic N) is 5. The second-order valence-electron chi connectivity index (χ2n) is 3.27. The number of aryl methyl sites for hydroxylation is 2. The lowest BCUT2D eigenvalue weighted by Gasteiger charge is -2.02. The molecule has 2 aromatic heterocycles. The van der Waals surface area contributed by atoms with E-state index in [4.69, 9.17) is 16.9 Å². The molecule has 0 unspecified atom stereocenters. The summed E-state index contributed by atoms with van der Waals surface area (Å²) in [5, 5.41) is 13.3. The van der Waals surface area contributed by atoms with E-state index in [0.717, 1.165) is 0 Å². The Labute approximate surface area is 97.3 Å². The molecule has 2 aromatic rings. The number of hydrogen-bond acceptors (Lipinski definition) is 4. The first-order valence-electron chi connectivity index (χ1n) is 4.58. The average molecular weight is 234 g/mol. The Bertz CT molecular complexity index is 581. The minimum absolute atomic E-state index is 0.265. The molecule has 0 fully saturated rings. The van der Waals surface area contributed by atoms with Crippen LogP contribution in [0.4, 0.5) is 0 Å². The Morgan fingerprint density at radius 1 is 1.31 bits per heavy atom. The summed E-state index contributed by atoms with van der Waals surface area (Å²) in [6.07, 6.45) is 0. The molecule has 0 aliphatic carbocycles. The van der Waals surface area contributed by atoms with Crippen molar-refractivity contribution in [2.24, 2.45) is 0 Å². The van der Waals surface area contributed by atoms with E-state index in [9.17, 15) is 0 Å². The zero-order valence-electron chi connectivity index (χ0n) is 8.77. The van der Waals surface area contributed by atoms with E-state index in [0.29, 0.717) is 23.0 Å². The van der Waals surface area contributed by atoms with Gasteiger partial charge in [0.1, 0.15) is 16.8 Å². The van der Waals surface area contributed by atoms with Gasteiger partial charge in [0.15, 0.2) is 5.82 Å². The highest BCUT2D eigenvalue weighted by Crippen LogP contribution is 2.14. The van der Waals surface area contributed by atoms with Gasteiger partial charge in [0, 0.05) is 6.07 Å². The number of nitriles is 1. The van der Waals surface area contributed by atoms with Crippen LogP contribution in [0.3, 0.4) is 0 Å². The zero-order chi connectivity index (χ0) is 11.7. The molecule has 0 radical (unpaired) electrons. The first-order valence-corrected chi connectivity index (χ1v) is 4.96. The van der Waals surface area contributed by atoms with Gasteiger partial charge in [0.2, 0.25) is 0 Å². The summed E-state index contributed by atoms with van der Waals surface area (Å²) in [6, 6.07) is 5.14. The smallest absolute Gasteiger partial charge is 0.158 e. The van der Waals surface area contributed by atoms with Crippen LogP contribution in [0.15, 0.2) is 12.1 Å². The lowest BCUT2D eigenvalue weighted by Crippen LogP contribution is -2.02. The first-order chi connectivity index (χ1) is 7.60. The maximum Gasteiger partial charge on any atom is 0.158 e. The van der Waals surface area contributed by atoms with Crippen LogP contribution in [0.25, 0.3) is 5.82 Å². The summed E-state index contributed by atoms with van der Waals surface area (Å²) in [4.78, 5) is 8.26. The van der Waals surface area contributed by atoms with Crippen molar-refractivity contribution in [3.63, 3.8) is 0 Å².